The zero-order chi connectivity index (χ0) is 12.0. The second kappa shape index (κ2) is 3.39. The van der Waals surface area contributed by atoms with E-state index in [4.69, 9.17) is 11.3 Å². The van der Waals surface area contributed by atoms with Crippen LogP contribution in [0.1, 0.15) is 11.7 Å². The first-order valence-electron chi connectivity index (χ1n) is 5.25. The first kappa shape index (κ1) is 9.98. The van der Waals surface area contributed by atoms with Gasteiger partial charge in [-0.2, -0.15) is 0 Å². The quantitative estimate of drug-likeness (QED) is 0.615. The number of carbonyl (C=O) groups is 1. The molecule has 0 radical (unpaired) electrons. The molecule has 2 heterocycles. The second-order valence-electron chi connectivity index (χ2n) is 4.05. The van der Waals surface area contributed by atoms with Crippen LogP contribution < -0.4 is 5.84 Å². The fourth-order valence-electron chi connectivity index (χ4n) is 2.05. The molecule has 0 aliphatic carbocycles. The molecule has 0 amide bonds. The molecule has 4 N–H and O–H groups in total. The van der Waals surface area contributed by atoms with Gasteiger partial charge in [-0.1, -0.05) is 12.1 Å². The molecular formula is C11H11N5O. The summed E-state index contributed by atoms with van der Waals surface area (Å²) in [6.45, 7) is 0.0700. The molecule has 17 heavy (non-hydrogen) atoms. The molecule has 1 aromatic heterocycles. The molecule has 6 nitrogen and oxygen atoms in total. The van der Waals surface area contributed by atoms with Gasteiger partial charge in [-0.15, -0.1) is 0 Å². The maximum atomic E-state index is 11.7. The number of amidine groups is 1. The van der Waals surface area contributed by atoms with E-state index in [1.807, 2.05) is 24.3 Å². The first-order valence-corrected chi connectivity index (χ1v) is 5.25. The van der Waals surface area contributed by atoms with Crippen molar-refractivity contribution in [2.24, 2.45) is 5.84 Å². The zero-order valence-electron chi connectivity index (χ0n) is 8.97. The molecule has 1 saturated heterocycles. The number of aromatic amines is 1. The average Bonchev–Trinajstić information content (AvgIpc) is 2.81. The number of fused-ring (bicyclic) bond motifs is 1. The lowest BCUT2D eigenvalue weighted by molar-refractivity contribution is -0.117. The molecule has 6 heteroatoms. The van der Waals surface area contributed by atoms with Crippen molar-refractivity contribution in [3.8, 4) is 0 Å². The topological polar surface area (TPSA) is 98.9 Å². The number of carbonyl (C=O) groups excluding carboxylic acids is 1. The highest BCUT2D eigenvalue weighted by molar-refractivity contribution is 6.13. The van der Waals surface area contributed by atoms with Crippen molar-refractivity contribution >= 4 is 22.7 Å². The number of benzene rings is 1. The van der Waals surface area contributed by atoms with Gasteiger partial charge in [-0.3, -0.25) is 15.2 Å². The van der Waals surface area contributed by atoms with Crippen LogP contribution in [0.15, 0.2) is 24.3 Å². The number of Topliss-reactive ketones (excluding diaryl/α,β-unsaturated/α-hetero) is 1. The van der Waals surface area contributed by atoms with Gasteiger partial charge in [-0.05, 0) is 12.1 Å². The third-order valence-corrected chi connectivity index (χ3v) is 2.91. The highest BCUT2D eigenvalue weighted by Crippen LogP contribution is 2.24. The fraction of sp³-hybridized carbons (Fsp3) is 0.182. The van der Waals surface area contributed by atoms with Crippen molar-refractivity contribution in [3.63, 3.8) is 0 Å². The molecule has 1 aliphatic rings. The standard InChI is InChI=1S/C11H11N5O/c12-10-9(8(17)5-16(10)13)11-14-6-3-1-2-4-7(6)15-11/h1-4,9,12H,5,13H2,(H,14,15). The number of nitrogens with zero attached hydrogens (tertiary/aromatic N) is 2. The van der Waals surface area contributed by atoms with E-state index in [1.165, 1.54) is 0 Å². The number of aromatic nitrogens is 2. The summed E-state index contributed by atoms with van der Waals surface area (Å²) < 4.78 is 0. The second-order valence-corrected chi connectivity index (χ2v) is 4.05. The van der Waals surface area contributed by atoms with Crippen LogP contribution in [0.3, 0.4) is 0 Å². The molecule has 3 rings (SSSR count). The third kappa shape index (κ3) is 1.42. The number of ketones is 1. The van der Waals surface area contributed by atoms with Gasteiger partial charge in [-0.25, -0.2) is 10.8 Å². The maximum Gasteiger partial charge on any atom is 0.171 e. The first-order chi connectivity index (χ1) is 8.16. The molecule has 0 saturated carbocycles. The number of imidazole rings is 1. The molecule has 0 spiro atoms. The van der Waals surface area contributed by atoms with Crippen LogP contribution in [0, 0.1) is 5.41 Å². The highest BCUT2D eigenvalue weighted by Gasteiger charge is 2.37. The molecule has 1 aromatic carbocycles. The summed E-state index contributed by atoms with van der Waals surface area (Å²) in [5, 5.41) is 8.93. The molecule has 2 aromatic rings. The summed E-state index contributed by atoms with van der Waals surface area (Å²) in [5.74, 6) is 5.36. The van der Waals surface area contributed by atoms with Gasteiger partial charge in [0.25, 0.3) is 0 Å². The van der Waals surface area contributed by atoms with Crippen LogP contribution >= 0.6 is 0 Å². The van der Waals surface area contributed by atoms with E-state index in [0.29, 0.717) is 5.82 Å². The number of hydrogen-bond donors (Lipinski definition) is 3. The van der Waals surface area contributed by atoms with Crippen LogP contribution in [-0.2, 0) is 4.79 Å². The largest absolute Gasteiger partial charge is 0.341 e. The van der Waals surface area contributed by atoms with Gasteiger partial charge in [0.1, 0.15) is 17.6 Å². The van der Waals surface area contributed by atoms with E-state index in [2.05, 4.69) is 9.97 Å². The molecule has 86 valence electrons. The Labute approximate surface area is 96.9 Å². The van der Waals surface area contributed by atoms with E-state index in [0.717, 1.165) is 16.0 Å². The minimum atomic E-state index is -0.660. The molecule has 1 aliphatic heterocycles. The summed E-state index contributed by atoms with van der Waals surface area (Å²) in [4.78, 5) is 19.1. The fourth-order valence-corrected chi connectivity index (χ4v) is 2.05. The number of rotatable bonds is 1. The van der Waals surface area contributed by atoms with Gasteiger partial charge < -0.3 is 4.98 Å². The Balaban J connectivity index is 2.09. The van der Waals surface area contributed by atoms with Crippen molar-refractivity contribution in [1.82, 2.24) is 15.0 Å². The molecule has 1 atom stereocenters. The van der Waals surface area contributed by atoms with Crippen molar-refractivity contribution in [1.29, 1.82) is 5.41 Å². The van der Waals surface area contributed by atoms with E-state index < -0.39 is 5.92 Å². The van der Waals surface area contributed by atoms with E-state index in [1.54, 1.807) is 0 Å². The molecule has 1 fully saturated rings. The Morgan fingerprint density at radius 2 is 2.24 bits per heavy atom. The van der Waals surface area contributed by atoms with Gasteiger partial charge >= 0.3 is 0 Å². The van der Waals surface area contributed by atoms with Gasteiger partial charge in [0.2, 0.25) is 0 Å². The Bertz CT molecular complexity index is 584. The van der Waals surface area contributed by atoms with Crippen molar-refractivity contribution < 1.29 is 4.79 Å². The average molecular weight is 229 g/mol. The Morgan fingerprint density at radius 3 is 2.88 bits per heavy atom. The lowest BCUT2D eigenvalue weighted by Gasteiger charge is -2.09. The summed E-state index contributed by atoms with van der Waals surface area (Å²) in [6, 6.07) is 7.51. The van der Waals surface area contributed by atoms with Crippen LogP contribution in [0.25, 0.3) is 11.0 Å². The minimum Gasteiger partial charge on any atom is -0.341 e. The van der Waals surface area contributed by atoms with Gasteiger partial charge in [0, 0.05) is 0 Å². The number of nitrogens with one attached hydrogen (secondary N) is 2. The lowest BCUT2D eigenvalue weighted by Crippen LogP contribution is -2.33. The smallest absolute Gasteiger partial charge is 0.171 e. The lowest BCUT2D eigenvalue weighted by atomic mass is 10.1. The summed E-state index contributed by atoms with van der Waals surface area (Å²) in [6.07, 6.45) is 0. The summed E-state index contributed by atoms with van der Waals surface area (Å²) in [7, 11) is 0. The normalized spacial score (nSPS) is 20.5. The van der Waals surface area contributed by atoms with E-state index >= 15 is 0 Å². The molecule has 0 bridgehead atoms. The van der Waals surface area contributed by atoms with Crippen LogP contribution in [0.4, 0.5) is 0 Å². The number of hydrogen-bond acceptors (Lipinski definition) is 4. The van der Waals surface area contributed by atoms with Gasteiger partial charge in [0.05, 0.1) is 17.6 Å². The highest BCUT2D eigenvalue weighted by atomic mass is 16.1. The van der Waals surface area contributed by atoms with E-state index in [-0.39, 0.29) is 18.2 Å². The molecule has 1 unspecified atom stereocenters. The number of nitrogens with two attached hydrogens (primary N) is 1. The predicted molar refractivity (Wildman–Crippen MR) is 62.5 cm³/mol. The van der Waals surface area contributed by atoms with Crippen LogP contribution in [0.2, 0.25) is 0 Å². The van der Waals surface area contributed by atoms with Crippen LogP contribution in [0.5, 0.6) is 0 Å². The Morgan fingerprint density at radius 1 is 1.47 bits per heavy atom. The Kier molecular flexibility index (Phi) is 1.99. The number of para-hydroxylation sites is 2. The third-order valence-electron chi connectivity index (χ3n) is 2.91. The Hall–Kier alpha value is -2.21. The van der Waals surface area contributed by atoms with Crippen molar-refractivity contribution in [2.45, 2.75) is 5.92 Å². The monoisotopic (exact) mass is 229 g/mol. The number of hydrazine groups is 1. The zero-order valence-corrected chi connectivity index (χ0v) is 8.97. The predicted octanol–water partition coefficient (Wildman–Crippen LogP) is 0.382. The summed E-state index contributed by atoms with van der Waals surface area (Å²) in [5.41, 5.74) is 1.65. The SMILES string of the molecule is N=C1C(c2nc3ccccc3[nH]2)C(=O)CN1N. The van der Waals surface area contributed by atoms with Gasteiger partial charge in [0.15, 0.2) is 5.78 Å². The van der Waals surface area contributed by atoms with E-state index in [9.17, 15) is 4.79 Å². The van der Waals surface area contributed by atoms with Crippen molar-refractivity contribution in [3.05, 3.63) is 30.1 Å². The molecular weight excluding hydrogens is 218 g/mol. The minimum absolute atomic E-state index is 0.0700. The van der Waals surface area contributed by atoms with Crippen molar-refractivity contribution in [2.75, 3.05) is 6.54 Å². The summed E-state index contributed by atoms with van der Waals surface area (Å²) >= 11 is 0. The van der Waals surface area contributed by atoms with Crippen LogP contribution in [-0.4, -0.2) is 33.1 Å². The maximum absolute atomic E-state index is 11.7. The number of H-pyrrole nitrogens is 1.